The van der Waals surface area contributed by atoms with E-state index in [0.29, 0.717) is 12.8 Å². The first kappa shape index (κ1) is 21.0. The molecule has 11 heteroatoms. The molecular weight excluding hydrogens is 431 g/mol. The van der Waals surface area contributed by atoms with E-state index in [2.05, 4.69) is 5.32 Å². The summed E-state index contributed by atoms with van der Waals surface area (Å²) >= 11 is 0. The van der Waals surface area contributed by atoms with Crippen molar-refractivity contribution in [2.24, 2.45) is 11.8 Å². The van der Waals surface area contributed by atoms with Gasteiger partial charge in [0.2, 0.25) is 5.91 Å². The van der Waals surface area contributed by atoms with E-state index >= 15 is 0 Å². The van der Waals surface area contributed by atoms with Gasteiger partial charge < -0.3 is 19.5 Å². The molecule has 2 bridgehead atoms. The van der Waals surface area contributed by atoms with Crippen LogP contribution in [0.3, 0.4) is 0 Å². The zero-order valence-electron chi connectivity index (χ0n) is 17.2. The highest BCUT2D eigenvalue weighted by atomic mass is 19.4. The number of nitrogens with zero attached hydrogens (tertiary/aromatic N) is 2. The molecule has 4 saturated heterocycles. The van der Waals surface area contributed by atoms with Crippen molar-refractivity contribution in [2.45, 2.75) is 49.4 Å². The van der Waals surface area contributed by atoms with E-state index in [0.717, 1.165) is 12.1 Å². The molecule has 2 amide bonds. The van der Waals surface area contributed by atoms with Crippen LogP contribution in [-0.4, -0.2) is 49.2 Å². The van der Waals surface area contributed by atoms with Gasteiger partial charge in [-0.15, -0.1) is 0 Å². The Hall–Kier alpha value is -2.84. The molecule has 0 aliphatic carbocycles. The molecule has 8 nitrogen and oxygen atoms in total. The van der Waals surface area contributed by atoms with Crippen LogP contribution >= 0.6 is 0 Å². The fourth-order valence-electron chi connectivity index (χ4n) is 6.11. The average Bonchev–Trinajstić information content (AvgIpc) is 3.30. The van der Waals surface area contributed by atoms with E-state index in [4.69, 9.17) is 19.5 Å². The maximum absolute atomic E-state index is 13.5. The molecule has 4 aliphatic rings. The second kappa shape index (κ2) is 6.59. The lowest BCUT2D eigenvalue weighted by molar-refractivity contribution is -0.144. The van der Waals surface area contributed by atoms with Gasteiger partial charge in [0.05, 0.1) is 60.0 Å². The summed E-state index contributed by atoms with van der Waals surface area (Å²) in [5.74, 6) is -1.50. The first-order valence-corrected chi connectivity index (χ1v) is 10.2. The first-order chi connectivity index (χ1) is 15.1. The first-order valence-electron chi connectivity index (χ1n) is 10.2. The van der Waals surface area contributed by atoms with Gasteiger partial charge in [-0.1, -0.05) is 0 Å². The van der Waals surface area contributed by atoms with Crippen molar-refractivity contribution in [3.05, 3.63) is 29.3 Å². The number of carbonyl (C=O) groups is 2. The summed E-state index contributed by atoms with van der Waals surface area (Å²) in [7, 11) is 1.25. The van der Waals surface area contributed by atoms with Gasteiger partial charge in [0.25, 0.3) is 0 Å². The van der Waals surface area contributed by atoms with Crippen molar-refractivity contribution in [2.75, 3.05) is 18.6 Å². The number of benzene rings is 1. The third kappa shape index (κ3) is 2.62. The zero-order chi connectivity index (χ0) is 23.1. The van der Waals surface area contributed by atoms with Gasteiger partial charge >= 0.3 is 12.3 Å². The van der Waals surface area contributed by atoms with Gasteiger partial charge in [-0.25, -0.2) is 4.79 Å². The molecule has 4 heterocycles. The largest absolute Gasteiger partial charge is 0.453 e. The number of nitriles is 1. The smallest absolute Gasteiger partial charge is 0.417 e. The summed E-state index contributed by atoms with van der Waals surface area (Å²) in [5.41, 5.74) is -3.41. The van der Waals surface area contributed by atoms with Crippen LogP contribution in [0, 0.1) is 23.2 Å². The topological polar surface area (TPSA) is 101 Å². The number of hydrogen-bond acceptors (Lipinski definition) is 6. The number of halogens is 3. The third-order valence-electron chi connectivity index (χ3n) is 7.23. The molecule has 170 valence electrons. The minimum Gasteiger partial charge on any atom is -0.453 e. The number of carbonyl (C=O) groups excluding carboxylic acids is 2. The minimum absolute atomic E-state index is 0.0123. The molecule has 1 aromatic carbocycles. The molecule has 4 fully saturated rings. The van der Waals surface area contributed by atoms with Crippen LogP contribution < -0.4 is 10.2 Å². The van der Waals surface area contributed by atoms with E-state index in [-0.39, 0.29) is 18.2 Å². The molecule has 1 aromatic rings. The lowest BCUT2D eigenvalue weighted by Crippen LogP contribution is -2.61. The normalized spacial score (nSPS) is 37.2. The Balaban J connectivity index is 1.57. The van der Waals surface area contributed by atoms with Crippen LogP contribution in [-0.2, 0) is 25.2 Å². The summed E-state index contributed by atoms with van der Waals surface area (Å²) in [6.45, 7) is 1.99. The number of alkyl carbamates (subject to hydrolysis) is 1. The van der Waals surface area contributed by atoms with Gasteiger partial charge in [-0.3, -0.25) is 9.69 Å². The summed E-state index contributed by atoms with van der Waals surface area (Å²) in [5, 5.41) is 11.9. The maximum Gasteiger partial charge on any atom is 0.417 e. The van der Waals surface area contributed by atoms with Crippen LogP contribution in [0.4, 0.5) is 23.7 Å². The lowest BCUT2D eigenvalue weighted by Gasteiger charge is -2.45. The fourth-order valence-corrected chi connectivity index (χ4v) is 6.11. The van der Waals surface area contributed by atoms with Crippen molar-refractivity contribution in [1.29, 1.82) is 5.26 Å². The van der Waals surface area contributed by atoms with Crippen molar-refractivity contribution in [3.8, 4) is 6.07 Å². The number of nitrogens with one attached hydrogen (secondary N) is 1. The number of amides is 2. The highest BCUT2D eigenvalue weighted by Gasteiger charge is 2.78. The number of anilines is 1. The molecule has 0 aromatic heterocycles. The van der Waals surface area contributed by atoms with Crippen LogP contribution in [0.5, 0.6) is 0 Å². The monoisotopic (exact) mass is 451 g/mol. The number of fused-ring (bicyclic) bond motifs is 2. The standard InChI is InChI=1S/C21H20F3N3O5/c1-19-8-13(26-18(29)30-2)20(32-19)5-6-31-17-15(20)14(19)16(28)27(17)11-4-3-10(9-25)12(7-11)21(22,23)24/h3-4,7,13-15,17H,5-6,8H2,1-2H3,(H,26,29)/t13-,14+,15-,17-,19+,20-/m0/s1. The van der Waals surface area contributed by atoms with Crippen LogP contribution in [0.25, 0.3) is 0 Å². The SMILES string of the molecule is COC(=O)N[C@H]1C[C@@]2(C)O[C@@]13CCO[C@H]1[C@@H]3[C@@H]2C(=O)N1c1ccc(C#N)c(C(F)(F)F)c1. The molecule has 0 radical (unpaired) electrons. The van der Waals surface area contributed by atoms with E-state index in [1.807, 2.05) is 0 Å². The molecule has 32 heavy (non-hydrogen) atoms. The van der Waals surface area contributed by atoms with Gasteiger partial charge in [0.1, 0.15) is 6.23 Å². The Morgan fingerprint density at radius 2 is 2.16 bits per heavy atom. The van der Waals surface area contributed by atoms with E-state index in [9.17, 15) is 22.8 Å². The highest BCUT2D eigenvalue weighted by molar-refractivity contribution is 6.00. The summed E-state index contributed by atoms with van der Waals surface area (Å²) in [6, 6.07) is 4.33. The number of hydrogen-bond donors (Lipinski definition) is 1. The zero-order valence-corrected chi connectivity index (χ0v) is 17.2. The van der Waals surface area contributed by atoms with Crippen molar-refractivity contribution < 1.29 is 37.0 Å². The van der Waals surface area contributed by atoms with E-state index in [1.54, 1.807) is 13.0 Å². The number of ether oxygens (including phenoxy) is 3. The Kier molecular flexibility index (Phi) is 4.33. The van der Waals surface area contributed by atoms with Crippen molar-refractivity contribution in [1.82, 2.24) is 5.32 Å². The molecule has 1 N–H and O–H groups in total. The molecular formula is C21H20F3N3O5. The van der Waals surface area contributed by atoms with Crippen LogP contribution in [0.15, 0.2) is 18.2 Å². The second-order valence-corrected chi connectivity index (χ2v) is 8.82. The Labute approximate surface area is 181 Å². The number of rotatable bonds is 2. The molecule has 4 aliphatic heterocycles. The number of alkyl halides is 3. The summed E-state index contributed by atoms with van der Waals surface area (Å²) < 4.78 is 57.6. The minimum atomic E-state index is -4.75. The quantitative estimate of drug-likeness (QED) is 0.742. The molecule has 0 unspecified atom stereocenters. The maximum atomic E-state index is 13.5. The van der Waals surface area contributed by atoms with E-state index in [1.165, 1.54) is 18.1 Å². The second-order valence-electron chi connectivity index (χ2n) is 8.82. The van der Waals surface area contributed by atoms with Gasteiger partial charge in [-0.05, 0) is 25.1 Å². The highest BCUT2D eigenvalue weighted by Crippen LogP contribution is 2.65. The average molecular weight is 451 g/mol. The molecule has 5 rings (SSSR count). The van der Waals surface area contributed by atoms with Gasteiger partial charge in [0.15, 0.2) is 0 Å². The van der Waals surface area contributed by atoms with Crippen molar-refractivity contribution in [3.63, 3.8) is 0 Å². The third-order valence-corrected chi connectivity index (χ3v) is 7.23. The Morgan fingerprint density at radius 1 is 1.41 bits per heavy atom. The Morgan fingerprint density at radius 3 is 2.81 bits per heavy atom. The predicted molar refractivity (Wildman–Crippen MR) is 101 cm³/mol. The number of methoxy groups -OCH3 is 1. The van der Waals surface area contributed by atoms with Gasteiger partial charge in [-0.2, -0.15) is 18.4 Å². The molecule has 6 atom stereocenters. The molecule has 1 spiro atoms. The van der Waals surface area contributed by atoms with Crippen LogP contribution in [0.2, 0.25) is 0 Å². The summed E-state index contributed by atoms with van der Waals surface area (Å²) in [4.78, 5) is 26.7. The predicted octanol–water partition coefficient (Wildman–Crippen LogP) is 2.56. The molecule has 0 saturated carbocycles. The van der Waals surface area contributed by atoms with Gasteiger partial charge in [0, 0.05) is 18.5 Å². The van der Waals surface area contributed by atoms with Crippen LogP contribution in [0.1, 0.15) is 30.9 Å². The van der Waals surface area contributed by atoms with Crippen molar-refractivity contribution >= 4 is 17.7 Å². The lowest BCUT2D eigenvalue weighted by atomic mass is 9.64. The summed E-state index contributed by atoms with van der Waals surface area (Å²) in [6.07, 6.45) is -5.42. The Bertz CT molecular complexity index is 1060. The fraction of sp³-hybridized carbons (Fsp3) is 0.571. The van der Waals surface area contributed by atoms with E-state index < -0.39 is 58.7 Å².